The van der Waals surface area contributed by atoms with Gasteiger partial charge in [0.05, 0.1) is 6.07 Å². The molecule has 1 aromatic rings. The Bertz CT molecular complexity index is 504. The van der Waals surface area contributed by atoms with E-state index in [9.17, 15) is 4.79 Å². The first-order valence-corrected chi connectivity index (χ1v) is 6.68. The SMILES string of the molecule is CC(C#N)C(=O)N1CCN(c2cccc(Cl)c2)CC1. The number of amides is 1. The molecule has 1 fully saturated rings. The second kappa shape index (κ2) is 5.94. The smallest absolute Gasteiger partial charge is 0.239 e. The fraction of sp³-hybridized carbons (Fsp3) is 0.429. The van der Waals surface area contributed by atoms with Gasteiger partial charge in [-0.3, -0.25) is 4.79 Å². The number of anilines is 1. The Balaban J connectivity index is 1.96. The van der Waals surface area contributed by atoms with Gasteiger partial charge in [-0.15, -0.1) is 0 Å². The van der Waals surface area contributed by atoms with E-state index < -0.39 is 5.92 Å². The monoisotopic (exact) mass is 277 g/mol. The zero-order chi connectivity index (χ0) is 13.8. The summed E-state index contributed by atoms with van der Waals surface area (Å²) in [4.78, 5) is 15.9. The van der Waals surface area contributed by atoms with E-state index in [0.717, 1.165) is 18.8 Å². The fourth-order valence-corrected chi connectivity index (χ4v) is 2.37. The lowest BCUT2D eigenvalue weighted by Crippen LogP contribution is -2.50. The summed E-state index contributed by atoms with van der Waals surface area (Å²) in [6.07, 6.45) is 0. The van der Waals surface area contributed by atoms with Crippen LogP contribution in [0.1, 0.15) is 6.92 Å². The topological polar surface area (TPSA) is 47.3 Å². The van der Waals surface area contributed by atoms with E-state index in [-0.39, 0.29) is 5.91 Å². The largest absolute Gasteiger partial charge is 0.368 e. The molecule has 2 rings (SSSR count). The number of hydrogen-bond acceptors (Lipinski definition) is 3. The van der Waals surface area contributed by atoms with Crippen LogP contribution in [0, 0.1) is 17.2 Å². The van der Waals surface area contributed by atoms with Crippen molar-refractivity contribution in [1.82, 2.24) is 4.90 Å². The average molecular weight is 278 g/mol. The molecule has 1 amide bonds. The van der Waals surface area contributed by atoms with E-state index in [1.807, 2.05) is 30.3 Å². The number of carbonyl (C=O) groups is 1. The van der Waals surface area contributed by atoms with Crippen molar-refractivity contribution in [3.8, 4) is 6.07 Å². The van der Waals surface area contributed by atoms with Gasteiger partial charge in [0.2, 0.25) is 5.91 Å². The van der Waals surface area contributed by atoms with Crippen LogP contribution in [0.3, 0.4) is 0 Å². The van der Waals surface area contributed by atoms with E-state index in [2.05, 4.69) is 4.90 Å². The number of rotatable bonds is 2. The van der Waals surface area contributed by atoms with Crippen molar-refractivity contribution in [2.75, 3.05) is 31.1 Å². The van der Waals surface area contributed by atoms with Crippen molar-refractivity contribution in [1.29, 1.82) is 5.26 Å². The van der Waals surface area contributed by atoms with Crippen molar-refractivity contribution >= 4 is 23.2 Å². The third-order valence-electron chi connectivity index (χ3n) is 3.33. The lowest BCUT2D eigenvalue weighted by Gasteiger charge is -2.36. The molecular weight excluding hydrogens is 262 g/mol. The summed E-state index contributed by atoms with van der Waals surface area (Å²) in [6, 6.07) is 9.70. The summed E-state index contributed by atoms with van der Waals surface area (Å²) in [7, 11) is 0. The average Bonchev–Trinajstić information content (AvgIpc) is 2.46. The molecule has 1 aromatic carbocycles. The van der Waals surface area contributed by atoms with Crippen LogP contribution in [0.2, 0.25) is 5.02 Å². The molecule has 1 atom stereocenters. The molecule has 0 spiro atoms. The fourth-order valence-electron chi connectivity index (χ4n) is 2.19. The lowest BCUT2D eigenvalue weighted by molar-refractivity contribution is -0.133. The van der Waals surface area contributed by atoms with Gasteiger partial charge in [-0.2, -0.15) is 5.26 Å². The molecule has 0 radical (unpaired) electrons. The number of nitriles is 1. The van der Waals surface area contributed by atoms with Gasteiger partial charge in [-0.05, 0) is 25.1 Å². The van der Waals surface area contributed by atoms with Gasteiger partial charge in [0, 0.05) is 36.9 Å². The van der Waals surface area contributed by atoms with Crippen LogP contribution in [0.25, 0.3) is 0 Å². The molecular formula is C14H16ClN3O. The minimum Gasteiger partial charge on any atom is -0.368 e. The normalized spacial score (nSPS) is 16.9. The van der Waals surface area contributed by atoms with Crippen LogP contribution >= 0.6 is 11.6 Å². The standard InChI is InChI=1S/C14H16ClN3O/c1-11(10-16)14(19)18-7-5-17(6-8-18)13-4-2-3-12(15)9-13/h2-4,9,11H,5-8H2,1H3. The number of benzene rings is 1. The summed E-state index contributed by atoms with van der Waals surface area (Å²) in [5.74, 6) is -0.633. The highest BCUT2D eigenvalue weighted by Crippen LogP contribution is 2.21. The van der Waals surface area contributed by atoms with Crippen LogP contribution in [0.15, 0.2) is 24.3 Å². The third-order valence-corrected chi connectivity index (χ3v) is 3.56. The van der Waals surface area contributed by atoms with Gasteiger partial charge in [-0.25, -0.2) is 0 Å². The quantitative estimate of drug-likeness (QED) is 0.832. The molecule has 1 heterocycles. The van der Waals surface area contributed by atoms with Crippen LogP contribution in [-0.4, -0.2) is 37.0 Å². The predicted molar refractivity (Wildman–Crippen MR) is 75.0 cm³/mol. The second-order valence-corrected chi connectivity index (χ2v) is 5.08. The van der Waals surface area contributed by atoms with E-state index in [1.165, 1.54) is 0 Å². The number of hydrogen-bond donors (Lipinski definition) is 0. The Labute approximate surface area is 118 Å². The first kappa shape index (κ1) is 13.7. The lowest BCUT2D eigenvalue weighted by atomic mass is 10.1. The van der Waals surface area contributed by atoms with Crippen molar-refractivity contribution in [2.45, 2.75) is 6.92 Å². The van der Waals surface area contributed by atoms with Gasteiger partial charge < -0.3 is 9.80 Å². The molecule has 0 saturated carbocycles. The van der Waals surface area contributed by atoms with Crippen LogP contribution < -0.4 is 4.90 Å². The highest BCUT2D eigenvalue weighted by Gasteiger charge is 2.24. The van der Waals surface area contributed by atoms with Crippen molar-refractivity contribution in [2.24, 2.45) is 5.92 Å². The summed E-state index contributed by atoms with van der Waals surface area (Å²) in [5, 5.41) is 9.49. The number of halogens is 1. The van der Waals surface area contributed by atoms with Crippen LogP contribution in [0.5, 0.6) is 0 Å². The molecule has 4 nitrogen and oxygen atoms in total. The Morgan fingerprint density at radius 1 is 1.37 bits per heavy atom. The number of nitrogens with zero attached hydrogens (tertiary/aromatic N) is 3. The van der Waals surface area contributed by atoms with E-state index in [4.69, 9.17) is 16.9 Å². The molecule has 0 aliphatic carbocycles. The Kier molecular flexibility index (Phi) is 4.28. The Morgan fingerprint density at radius 2 is 2.05 bits per heavy atom. The molecule has 0 N–H and O–H groups in total. The molecule has 5 heteroatoms. The highest BCUT2D eigenvalue weighted by atomic mass is 35.5. The first-order chi connectivity index (χ1) is 9.11. The molecule has 19 heavy (non-hydrogen) atoms. The Morgan fingerprint density at radius 3 is 2.63 bits per heavy atom. The van der Waals surface area contributed by atoms with Crippen LogP contribution in [-0.2, 0) is 4.79 Å². The minimum absolute atomic E-state index is 0.0757. The van der Waals surface area contributed by atoms with Gasteiger partial charge in [0.15, 0.2) is 0 Å². The maximum absolute atomic E-state index is 11.9. The van der Waals surface area contributed by atoms with Gasteiger partial charge in [0.25, 0.3) is 0 Å². The number of carbonyl (C=O) groups excluding carboxylic acids is 1. The minimum atomic E-state index is -0.558. The van der Waals surface area contributed by atoms with Crippen molar-refractivity contribution in [3.63, 3.8) is 0 Å². The van der Waals surface area contributed by atoms with Gasteiger partial charge in [0.1, 0.15) is 5.92 Å². The highest BCUT2D eigenvalue weighted by molar-refractivity contribution is 6.30. The zero-order valence-corrected chi connectivity index (χ0v) is 11.6. The molecule has 1 aliphatic rings. The van der Waals surface area contributed by atoms with Crippen molar-refractivity contribution < 1.29 is 4.79 Å². The molecule has 100 valence electrons. The molecule has 1 unspecified atom stereocenters. The van der Waals surface area contributed by atoms with Crippen molar-refractivity contribution in [3.05, 3.63) is 29.3 Å². The first-order valence-electron chi connectivity index (χ1n) is 6.30. The second-order valence-electron chi connectivity index (χ2n) is 4.64. The van der Waals surface area contributed by atoms with E-state index in [0.29, 0.717) is 18.1 Å². The molecule has 1 aliphatic heterocycles. The molecule has 0 aromatic heterocycles. The summed E-state index contributed by atoms with van der Waals surface area (Å²) in [5.41, 5.74) is 1.08. The van der Waals surface area contributed by atoms with E-state index >= 15 is 0 Å². The maximum Gasteiger partial charge on any atom is 0.239 e. The summed E-state index contributed by atoms with van der Waals surface area (Å²) >= 11 is 5.98. The zero-order valence-electron chi connectivity index (χ0n) is 10.8. The third kappa shape index (κ3) is 3.18. The maximum atomic E-state index is 11.9. The molecule has 0 bridgehead atoms. The summed E-state index contributed by atoms with van der Waals surface area (Å²) in [6.45, 7) is 4.48. The van der Waals surface area contributed by atoms with Crippen LogP contribution in [0.4, 0.5) is 5.69 Å². The Hall–Kier alpha value is -1.73. The molecule has 1 saturated heterocycles. The predicted octanol–water partition coefficient (Wildman–Crippen LogP) is 2.15. The van der Waals surface area contributed by atoms with E-state index in [1.54, 1.807) is 11.8 Å². The van der Waals surface area contributed by atoms with Gasteiger partial charge in [-0.1, -0.05) is 17.7 Å². The summed E-state index contributed by atoms with van der Waals surface area (Å²) < 4.78 is 0. The number of piperazine rings is 1. The van der Waals surface area contributed by atoms with Gasteiger partial charge >= 0.3 is 0 Å².